The van der Waals surface area contributed by atoms with E-state index in [0.29, 0.717) is 56.8 Å². The third kappa shape index (κ3) is 9.73. The molecule has 264 valence electrons. The Kier molecular flexibility index (Phi) is 12.7. The van der Waals surface area contributed by atoms with Gasteiger partial charge in [0.2, 0.25) is 0 Å². The Bertz CT molecular complexity index is 1450. The lowest BCUT2D eigenvalue weighted by atomic mass is 9.75. The van der Waals surface area contributed by atoms with Gasteiger partial charge in [-0.1, -0.05) is 44.2 Å². The maximum atomic E-state index is 13.9. The molecule has 0 aliphatic carbocycles. The van der Waals surface area contributed by atoms with Crippen molar-refractivity contribution >= 4 is 37.0 Å². The summed E-state index contributed by atoms with van der Waals surface area (Å²) in [6.07, 6.45) is -1.81. The number of hydrogen-bond donors (Lipinski definition) is 3. The number of nitriles is 1. The first-order chi connectivity index (χ1) is 23.3. The van der Waals surface area contributed by atoms with Crippen molar-refractivity contribution in [1.82, 2.24) is 15.1 Å². The number of nitrogens with one attached hydrogen (secondary N) is 1. The number of rotatable bonds is 12. The molecule has 3 atom stereocenters. The summed E-state index contributed by atoms with van der Waals surface area (Å²) in [5.41, 5.74) is -0.882. The van der Waals surface area contributed by atoms with E-state index in [0.717, 1.165) is 0 Å². The van der Waals surface area contributed by atoms with Crippen molar-refractivity contribution in [3.8, 4) is 6.07 Å². The number of alkyl carbamates (subject to hydrolysis) is 1. The van der Waals surface area contributed by atoms with Crippen LogP contribution in [0.2, 0.25) is 0 Å². The molecule has 1 aromatic rings. The van der Waals surface area contributed by atoms with Crippen molar-refractivity contribution < 1.29 is 53.0 Å². The van der Waals surface area contributed by atoms with Crippen LogP contribution in [0.15, 0.2) is 41.6 Å². The number of allylic oxidation sites excluding steroid dienone is 1. The number of carboxylic acids is 2. The van der Waals surface area contributed by atoms with Crippen LogP contribution in [0, 0.1) is 17.2 Å². The molecule has 4 rings (SSSR count). The summed E-state index contributed by atoms with van der Waals surface area (Å²) in [7, 11) is -1.52. The van der Waals surface area contributed by atoms with Gasteiger partial charge in [-0.05, 0) is 44.1 Å². The maximum Gasteiger partial charge on any atom is 0.552 e. The first kappa shape index (κ1) is 37.2. The number of carboxylic acid groups (broad SMARTS) is 2. The second kappa shape index (κ2) is 16.7. The summed E-state index contributed by atoms with van der Waals surface area (Å²) >= 11 is 0. The Morgan fingerprint density at radius 3 is 2.39 bits per heavy atom. The number of ether oxygens (including phenoxy) is 2. The van der Waals surface area contributed by atoms with Crippen LogP contribution in [-0.2, 0) is 44.4 Å². The minimum Gasteiger partial charge on any atom is -0.506 e. The van der Waals surface area contributed by atoms with Crippen molar-refractivity contribution in [2.24, 2.45) is 5.92 Å². The minimum atomic E-state index is -2.29. The van der Waals surface area contributed by atoms with E-state index in [2.05, 4.69) is 11.4 Å². The smallest absolute Gasteiger partial charge is 0.506 e. The van der Waals surface area contributed by atoms with Gasteiger partial charge in [-0.2, -0.15) is 5.26 Å². The number of amides is 2. The molecule has 49 heavy (non-hydrogen) atoms. The van der Waals surface area contributed by atoms with E-state index in [1.54, 1.807) is 30.3 Å². The van der Waals surface area contributed by atoms with Crippen LogP contribution in [0.25, 0.3) is 0 Å². The molecular formula is C33H43BN4O11. The zero-order chi connectivity index (χ0) is 35.7. The quantitative estimate of drug-likeness (QED) is 0.164. The number of benzene rings is 1. The number of morpholine rings is 1. The molecule has 0 bridgehead atoms. The number of hydrogen-bond acceptors (Lipinski definition) is 11. The second-order valence-electron chi connectivity index (χ2n) is 12.9. The highest BCUT2D eigenvalue weighted by atomic mass is 16.7. The fourth-order valence-corrected chi connectivity index (χ4v) is 6.48. The molecule has 0 unspecified atom stereocenters. The highest BCUT2D eigenvalue weighted by molar-refractivity contribution is 6.51. The summed E-state index contributed by atoms with van der Waals surface area (Å²) in [4.78, 5) is 66.8. The average Bonchev–Trinajstić information content (AvgIpc) is 3.17. The minimum absolute atomic E-state index is 0.0426. The summed E-state index contributed by atoms with van der Waals surface area (Å²) < 4.78 is 22.5. The third-order valence-electron chi connectivity index (χ3n) is 8.64. The summed E-state index contributed by atoms with van der Waals surface area (Å²) in [6, 6.07) is 11.0. The topological polar surface area (TPSA) is 205 Å². The van der Waals surface area contributed by atoms with Crippen LogP contribution in [-0.4, -0.2) is 114 Å². The van der Waals surface area contributed by atoms with Gasteiger partial charge in [-0.15, -0.1) is 0 Å². The van der Waals surface area contributed by atoms with Gasteiger partial charge in [0.1, 0.15) is 17.7 Å². The molecular weight excluding hydrogens is 639 g/mol. The van der Waals surface area contributed by atoms with Gasteiger partial charge in [0.15, 0.2) is 5.60 Å². The van der Waals surface area contributed by atoms with Gasteiger partial charge in [0.05, 0.1) is 38.0 Å². The average molecular weight is 683 g/mol. The molecule has 0 saturated carbocycles. The monoisotopic (exact) mass is 682 g/mol. The van der Waals surface area contributed by atoms with E-state index in [1.165, 1.54) is 4.90 Å². The summed E-state index contributed by atoms with van der Waals surface area (Å²) in [6.45, 7) is 7.81. The molecule has 0 spiro atoms. The predicted octanol–water partition coefficient (Wildman–Crippen LogP) is 2.15. The molecule has 3 aliphatic rings. The Morgan fingerprint density at radius 2 is 1.78 bits per heavy atom. The zero-order valence-electron chi connectivity index (χ0n) is 28.0. The maximum absolute atomic E-state index is 13.9. The Hall–Kier alpha value is -4.62. The highest BCUT2D eigenvalue weighted by Crippen LogP contribution is 2.32. The Morgan fingerprint density at radius 1 is 1.08 bits per heavy atom. The molecule has 0 aromatic heterocycles. The zero-order valence-corrected chi connectivity index (χ0v) is 28.0. The largest absolute Gasteiger partial charge is 0.552 e. The SMILES string of the molecule is CC(C)/C(=C(/C#N)C(=O)N1CCCC[C@@H](OC(=O)N[C@@H](Cc2ccccc2)B2OC(=O)C(CC(=O)O)(CC(=O)O)O2)C1)N1CCO[C@H](C)C1. The number of likely N-dealkylation sites (tertiary alicyclic amines) is 1. The van der Waals surface area contributed by atoms with Crippen LogP contribution >= 0.6 is 0 Å². The van der Waals surface area contributed by atoms with Crippen molar-refractivity contribution in [2.45, 2.75) is 83.0 Å². The van der Waals surface area contributed by atoms with Crippen LogP contribution in [0.3, 0.4) is 0 Å². The molecule has 3 fully saturated rings. The molecule has 3 saturated heterocycles. The lowest BCUT2D eigenvalue weighted by Gasteiger charge is -2.37. The first-order valence-corrected chi connectivity index (χ1v) is 16.5. The molecule has 3 aliphatic heterocycles. The number of nitrogens with zero attached hydrogens (tertiary/aromatic N) is 3. The molecule has 1 aromatic carbocycles. The van der Waals surface area contributed by atoms with Gasteiger partial charge < -0.3 is 44.1 Å². The molecule has 16 heteroatoms. The van der Waals surface area contributed by atoms with Crippen molar-refractivity contribution in [2.75, 3.05) is 32.8 Å². The van der Waals surface area contributed by atoms with Gasteiger partial charge in [-0.3, -0.25) is 19.2 Å². The number of carbonyl (C=O) groups excluding carboxylic acids is 3. The lowest BCUT2D eigenvalue weighted by Crippen LogP contribution is -2.51. The molecule has 3 N–H and O–H groups in total. The van der Waals surface area contributed by atoms with Crippen LogP contribution in [0.5, 0.6) is 0 Å². The van der Waals surface area contributed by atoms with E-state index in [4.69, 9.17) is 18.8 Å². The van der Waals surface area contributed by atoms with Crippen LogP contribution < -0.4 is 5.32 Å². The van der Waals surface area contributed by atoms with Gasteiger partial charge in [0.25, 0.3) is 5.91 Å². The van der Waals surface area contributed by atoms with E-state index in [1.807, 2.05) is 25.7 Å². The van der Waals surface area contributed by atoms with Gasteiger partial charge >= 0.3 is 31.1 Å². The Labute approximate surface area is 285 Å². The third-order valence-corrected chi connectivity index (χ3v) is 8.64. The normalized spacial score (nSPS) is 21.9. The first-order valence-electron chi connectivity index (χ1n) is 16.5. The van der Waals surface area contributed by atoms with Gasteiger partial charge in [-0.25, -0.2) is 4.79 Å². The Balaban J connectivity index is 1.51. The van der Waals surface area contributed by atoms with Crippen LogP contribution in [0.4, 0.5) is 4.79 Å². The number of carbonyl (C=O) groups is 5. The fourth-order valence-electron chi connectivity index (χ4n) is 6.48. The lowest BCUT2D eigenvalue weighted by molar-refractivity contribution is -0.157. The second-order valence-corrected chi connectivity index (χ2v) is 12.9. The molecule has 2 amide bonds. The van der Waals surface area contributed by atoms with Crippen molar-refractivity contribution in [3.05, 3.63) is 47.2 Å². The van der Waals surface area contributed by atoms with Gasteiger partial charge in [0, 0.05) is 25.3 Å². The van der Waals surface area contributed by atoms with E-state index in [-0.39, 0.29) is 30.6 Å². The molecule has 3 heterocycles. The summed E-state index contributed by atoms with van der Waals surface area (Å²) in [5, 5.41) is 31.6. The molecule has 15 nitrogen and oxygen atoms in total. The number of aliphatic carboxylic acids is 2. The van der Waals surface area contributed by atoms with Crippen molar-refractivity contribution in [3.63, 3.8) is 0 Å². The highest BCUT2D eigenvalue weighted by Gasteiger charge is 2.58. The predicted molar refractivity (Wildman–Crippen MR) is 172 cm³/mol. The standard InChI is InChI=1S/C33H43BN4O11/c1-21(2)29(37-13-14-46-22(3)19-37)25(18-35)30(43)38-12-8-7-11-24(20-38)47-32(45)36-26(15-23-9-5-4-6-10-23)34-48-31(44)33(49-34,16-27(39)40)17-28(41)42/h4-6,9-10,21-22,24,26H,7-8,11-17,19-20H2,1-3H3,(H,36,45)(H,39,40)(H,41,42)/b29-25+/t22-,24-,26+/m1/s1. The van der Waals surface area contributed by atoms with E-state index >= 15 is 0 Å². The van der Waals surface area contributed by atoms with E-state index in [9.17, 15) is 39.4 Å². The fraction of sp³-hybridized carbons (Fsp3) is 0.576. The van der Waals surface area contributed by atoms with Crippen LogP contribution in [0.1, 0.15) is 58.4 Å². The molecule has 0 radical (unpaired) electrons. The summed E-state index contributed by atoms with van der Waals surface area (Å²) in [5.74, 6) is -5.73. The van der Waals surface area contributed by atoms with Crippen molar-refractivity contribution in [1.29, 1.82) is 5.26 Å². The van der Waals surface area contributed by atoms with E-state index < -0.39 is 67.5 Å².